The molecule has 146 valence electrons. The van der Waals surface area contributed by atoms with Crippen molar-refractivity contribution in [3.63, 3.8) is 0 Å². The van der Waals surface area contributed by atoms with Crippen molar-refractivity contribution in [2.45, 2.75) is 23.5 Å². The van der Waals surface area contributed by atoms with Gasteiger partial charge in [0, 0.05) is 18.8 Å². The van der Waals surface area contributed by atoms with E-state index in [1.54, 1.807) is 21.6 Å². The van der Waals surface area contributed by atoms with Crippen LogP contribution < -0.4 is 10.6 Å². The van der Waals surface area contributed by atoms with Crippen LogP contribution in [0, 0.1) is 5.82 Å². The second kappa shape index (κ2) is 6.93. The average Bonchev–Trinajstić information content (AvgIpc) is 3.23. The van der Waals surface area contributed by atoms with E-state index in [1.807, 2.05) is 6.26 Å². The number of benzene rings is 1. The molecule has 0 radical (unpaired) electrons. The maximum atomic E-state index is 13.3. The normalized spacial score (nSPS) is 18.3. The summed E-state index contributed by atoms with van der Waals surface area (Å²) in [6, 6.07) is 5.36. The largest absolute Gasteiger partial charge is 0.337 e. The fraction of sp³-hybridized carbons (Fsp3) is 0.333. The van der Waals surface area contributed by atoms with E-state index in [-0.39, 0.29) is 17.6 Å². The minimum atomic E-state index is -0.935. The molecule has 1 aromatic heterocycles. The highest BCUT2D eigenvalue weighted by Gasteiger charge is 2.48. The Bertz CT molecular complexity index is 951. The minimum Gasteiger partial charge on any atom is -0.337 e. The van der Waals surface area contributed by atoms with Gasteiger partial charge in [-0.05, 0) is 43.4 Å². The molecule has 28 heavy (non-hydrogen) atoms. The first-order chi connectivity index (χ1) is 13.4. The number of hydrogen-bond acceptors (Lipinski definition) is 5. The third-order valence-corrected chi connectivity index (χ3v) is 5.79. The first-order valence-electron chi connectivity index (χ1n) is 8.74. The highest BCUT2D eigenvalue weighted by atomic mass is 32.2. The van der Waals surface area contributed by atoms with Gasteiger partial charge in [0.25, 0.3) is 11.8 Å². The maximum Gasteiger partial charge on any atom is 0.322 e. The molecule has 2 aliphatic rings. The molecule has 2 aromatic rings. The lowest BCUT2D eigenvalue weighted by Crippen LogP contribution is -2.55. The molecule has 0 unspecified atom stereocenters. The summed E-state index contributed by atoms with van der Waals surface area (Å²) in [6.45, 7) is 0.658. The highest BCUT2D eigenvalue weighted by Crippen LogP contribution is 2.28. The van der Waals surface area contributed by atoms with Gasteiger partial charge in [-0.15, -0.1) is 0 Å². The van der Waals surface area contributed by atoms with Crippen molar-refractivity contribution < 1.29 is 18.8 Å². The van der Waals surface area contributed by atoms with E-state index in [2.05, 4.69) is 15.6 Å². The lowest BCUT2D eigenvalue weighted by Gasteiger charge is -2.37. The van der Waals surface area contributed by atoms with Crippen LogP contribution >= 0.6 is 11.8 Å². The summed E-state index contributed by atoms with van der Waals surface area (Å²) in [5.41, 5.74) is 0.0736. The lowest BCUT2D eigenvalue weighted by molar-refractivity contribution is -0.125. The molecule has 2 aliphatic heterocycles. The van der Waals surface area contributed by atoms with Crippen LogP contribution in [0.3, 0.4) is 0 Å². The lowest BCUT2D eigenvalue weighted by atomic mass is 9.87. The number of carbonyl (C=O) groups excluding carboxylic acids is 3. The van der Waals surface area contributed by atoms with Gasteiger partial charge in [-0.25, -0.2) is 14.2 Å². The summed E-state index contributed by atoms with van der Waals surface area (Å²) >= 11 is 1.38. The second-order valence-corrected chi connectivity index (χ2v) is 7.50. The van der Waals surface area contributed by atoms with Crippen LogP contribution in [-0.4, -0.2) is 57.2 Å². The number of imide groups is 1. The van der Waals surface area contributed by atoms with Gasteiger partial charge in [0.05, 0.1) is 6.20 Å². The smallest absolute Gasteiger partial charge is 0.322 e. The molecule has 10 heteroatoms. The van der Waals surface area contributed by atoms with E-state index in [0.717, 1.165) is 0 Å². The zero-order valence-corrected chi connectivity index (χ0v) is 15.9. The van der Waals surface area contributed by atoms with Crippen molar-refractivity contribution in [3.8, 4) is 5.69 Å². The number of thioether (sulfide) groups is 1. The fourth-order valence-electron chi connectivity index (χ4n) is 3.60. The topological polar surface area (TPSA) is 96.3 Å². The molecular formula is C18H18FN5O3S. The second-order valence-electron chi connectivity index (χ2n) is 6.72. The Morgan fingerprint density at radius 2 is 1.89 bits per heavy atom. The summed E-state index contributed by atoms with van der Waals surface area (Å²) in [7, 11) is 0. The van der Waals surface area contributed by atoms with Crippen molar-refractivity contribution >= 4 is 29.6 Å². The van der Waals surface area contributed by atoms with Gasteiger partial charge in [0.1, 0.15) is 17.1 Å². The molecule has 1 aromatic carbocycles. The monoisotopic (exact) mass is 403 g/mol. The number of hydrogen-bond donors (Lipinski definition) is 2. The van der Waals surface area contributed by atoms with E-state index in [1.165, 1.54) is 30.1 Å². The zero-order valence-electron chi connectivity index (χ0n) is 15.1. The third-order valence-electron chi connectivity index (χ3n) is 5.13. The molecule has 1 spiro atoms. The van der Waals surface area contributed by atoms with Crippen LogP contribution in [0.4, 0.5) is 9.18 Å². The van der Waals surface area contributed by atoms with Gasteiger partial charge in [-0.1, -0.05) is 11.8 Å². The van der Waals surface area contributed by atoms with Crippen LogP contribution in [0.5, 0.6) is 0 Å². The first-order valence-corrected chi connectivity index (χ1v) is 9.96. The quantitative estimate of drug-likeness (QED) is 0.599. The minimum absolute atomic E-state index is 0.225. The number of likely N-dealkylation sites (tertiary alicyclic amines) is 1. The molecule has 2 fully saturated rings. The van der Waals surface area contributed by atoms with Crippen LogP contribution in [0.2, 0.25) is 0 Å². The number of carbonyl (C=O) groups is 3. The number of halogens is 1. The molecule has 0 aliphatic carbocycles. The van der Waals surface area contributed by atoms with Crippen LogP contribution in [-0.2, 0) is 4.79 Å². The SMILES string of the molecule is CSc1ncc(C(=O)N2CCC3(CC2)NC(=O)NC3=O)n1-c1ccc(F)cc1. The van der Waals surface area contributed by atoms with Crippen LogP contribution in [0.1, 0.15) is 23.3 Å². The molecule has 2 N–H and O–H groups in total. The van der Waals surface area contributed by atoms with Gasteiger partial charge in [-0.2, -0.15) is 0 Å². The van der Waals surface area contributed by atoms with E-state index >= 15 is 0 Å². The van der Waals surface area contributed by atoms with Crippen LogP contribution in [0.15, 0.2) is 35.6 Å². The molecule has 2 saturated heterocycles. The molecule has 0 saturated carbocycles. The van der Waals surface area contributed by atoms with E-state index in [0.29, 0.717) is 42.5 Å². The number of piperidine rings is 1. The third kappa shape index (κ3) is 3.03. The Labute approximate surface area is 164 Å². The van der Waals surface area contributed by atoms with Gasteiger partial charge in [0.15, 0.2) is 5.16 Å². The molecule has 8 nitrogen and oxygen atoms in total. The molecule has 0 atom stereocenters. The summed E-state index contributed by atoms with van der Waals surface area (Å²) in [5, 5.41) is 5.56. The number of aromatic nitrogens is 2. The van der Waals surface area contributed by atoms with Crippen LogP contribution in [0.25, 0.3) is 5.69 Å². The Morgan fingerprint density at radius 3 is 2.46 bits per heavy atom. The van der Waals surface area contributed by atoms with Crippen molar-refractivity contribution in [1.82, 2.24) is 25.1 Å². The molecule has 3 heterocycles. The van der Waals surface area contributed by atoms with Gasteiger partial charge in [-0.3, -0.25) is 19.5 Å². The average molecular weight is 403 g/mol. The van der Waals surface area contributed by atoms with Gasteiger partial charge >= 0.3 is 6.03 Å². The predicted molar refractivity (Wildman–Crippen MR) is 99.8 cm³/mol. The Balaban J connectivity index is 1.58. The Kier molecular flexibility index (Phi) is 4.58. The zero-order chi connectivity index (χ0) is 19.9. The standard InChI is InChI=1S/C18H18FN5O3S/c1-28-17-20-10-13(24(17)12-4-2-11(19)3-5-12)14(25)23-8-6-18(7-9-23)15(26)21-16(27)22-18/h2-5,10H,6-9H2,1H3,(H2,21,22,26,27). The first kappa shape index (κ1) is 18.5. The predicted octanol–water partition coefficient (Wildman–Crippen LogP) is 1.55. The molecule has 4 amide bonds. The van der Waals surface area contributed by atoms with E-state index in [9.17, 15) is 18.8 Å². The van der Waals surface area contributed by atoms with E-state index in [4.69, 9.17) is 0 Å². The molecule has 0 bridgehead atoms. The van der Waals surface area contributed by atoms with Crippen molar-refractivity contribution in [2.24, 2.45) is 0 Å². The summed E-state index contributed by atoms with van der Waals surface area (Å²) < 4.78 is 15.0. The maximum absolute atomic E-state index is 13.3. The van der Waals surface area contributed by atoms with Crippen molar-refractivity contribution in [1.29, 1.82) is 0 Å². The summed E-state index contributed by atoms with van der Waals surface area (Å²) in [5.74, 6) is -0.928. The number of nitrogens with zero attached hydrogens (tertiary/aromatic N) is 3. The Morgan fingerprint density at radius 1 is 1.21 bits per heavy atom. The number of urea groups is 1. The number of imidazole rings is 1. The highest BCUT2D eigenvalue weighted by molar-refractivity contribution is 7.98. The number of rotatable bonds is 3. The summed E-state index contributed by atoms with van der Waals surface area (Å²) in [6.07, 6.45) is 4.04. The molecule has 4 rings (SSSR count). The van der Waals surface area contributed by atoms with Crippen molar-refractivity contribution in [2.75, 3.05) is 19.3 Å². The van der Waals surface area contributed by atoms with Crippen molar-refractivity contribution in [3.05, 3.63) is 42.0 Å². The Hall–Kier alpha value is -2.88. The van der Waals surface area contributed by atoms with Gasteiger partial charge in [0.2, 0.25) is 0 Å². The number of nitrogens with one attached hydrogen (secondary N) is 2. The molecular weight excluding hydrogens is 385 g/mol. The van der Waals surface area contributed by atoms with Gasteiger partial charge < -0.3 is 10.2 Å². The summed E-state index contributed by atoms with van der Waals surface area (Å²) in [4.78, 5) is 42.6. The number of amides is 4. The van der Waals surface area contributed by atoms with E-state index < -0.39 is 11.6 Å². The fourth-order valence-corrected chi connectivity index (χ4v) is 4.15.